The van der Waals surface area contributed by atoms with E-state index in [1.54, 1.807) is 4.90 Å². The molecule has 0 radical (unpaired) electrons. The van der Waals surface area contributed by atoms with Gasteiger partial charge in [0.2, 0.25) is 0 Å². The van der Waals surface area contributed by atoms with Crippen LogP contribution in [0.3, 0.4) is 0 Å². The lowest BCUT2D eigenvalue weighted by molar-refractivity contribution is -0.126. The molecule has 1 unspecified atom stereocenters. The van der Waals surface area contributed by atoms with Gasteiger partial charge in [-0.15, -0.1) is 0 Å². The first-order valence-corrected chi connectivity index (χ1v) is 4.60. The second-order valence-corrected chi connectivity index (χ2v) is 4.15. The van der Waals surface area contributed by atoms with Crippen LogP contribution in [0.1, 0.15) is 26.2 Å². The molecule has 0 saturated carbocycles. The predicted octanol–water partition coefficient (Wildman–Crippen LogP) is 1.45. The summed E-state index contributed by atoms with van der Waals surface area (Å²) in [5.74, 6) is -2.76. The summed E-state index contributed by atoms with van der Waals surface area (Å²) in [4.78, 5) is 13.0. The van der Waals surface area contributed by atoms with E-state index >= 15 is 0 Å². The molecule has 0 aromatic carbocycles. The van der Waals surface area contributed by atoms with Crippen molar-refractivity contribution in [1.29, 1.82) is 0 Å². The van der Waals surface area contributed by atoms with Gasteiger partial charge in [0, 0.05) is 6.42 Å². The van der Waals surface area contributed by atoms with Crippen molar-refractivity contribution in [2.24, 2.45) is 0 Å². The van der Waals surface area contributed by atoms with Crippen LogP contribution < -0.4 is 0 Å². The average Bonchev–Trinajstić information content (AvgIpc) is 2.40. The molecular weight excluding hydrogens is 176 g/mol. The van der Waals surface area contributed by atoms with Crippen LogP contribution in [0.25, 0.3) is 0 Å². The van der Waals surface area contributed by atoms with Crippen molar-refractivity contribution in [2.75, 3.05) is 13.1 Å². The van der Waals surface area contributed by atoms with Crippen LogP contribution in [0.4, 0.5) is 8.78 Å². The summed E-state index contributed by atoms with van der Waals surface area (Å²) >= 11 is 0. The number of hydrogen-bond donors (Lipinski definition) is 0. The van der Waals surface area contributed by atoms with E-state index in [0.717, 1.165) is 6.42 Å². The number of hydrogen-bond acceptors (Lipinski definition) is 2. The maximum Gasteiger partial charge on any atom is 0.262 e. The fourth-order valence-electron chi connectivity index (χ4n) is 2.65. The van der Waals surface area contributed by atoms with Gasteiger partial charge in [0.05, 0.1) is 12.1 Å². The molecule has 2 fully saturated rings. The van der Waals surface area contributed by atoms with Crippen molar-refractivity contribution >= 4 is 5.78 Å². The largest absolute Gasteiger partial charge is 0.298 e. The molecule has 2 heterocycles. The van der Waals surface area contributed by atoms with Crippen molar-refractivity contribution in [2.45, 2.75) is 37.6 Å². The van der Waals surface area contributed by atoms with Crippen molar-refractivity contribution in [3.05, 3.63) is 0 Å². The normalized spacial score (nSPS) is 37.8. The fourth-order valence-corrected chi connectivity index (χ4v) is 2.65. The molecule has 0 aliphatic carbocycles. The zero-order chi connectivity index (χ0) is 9.69. The second kappa shape index (κ2) is 2.50. The highest BCUT2D eigenvalue weighted by Gasteiger charge is 2.58. The highest BCUT2D eigenvalue weighted by molar-refractivity contribution is 5.87. The molecule has 0 amide bonds. The molecule has 0 spiro atoms. The minimum atomic E-state index is -2.66. The van der Waals surface area contributed by atoms with E-state index in [2.05, 4.69) is 0 Å². The van der Waals surface area contributed by atoms with Crippen molar-refractivity contribution in [3.63, 3.8) is 0 Å². The van der Waals surface area contributed by atoms with E-state index in [9.17, 15) is 13.6 Å². The van der Waals surface area contributed by atoms with E-state index in [4.69, 9.17) is 0 Å². The highest BCUT2D eigenvalue weighted by Crippen LogP contribution is 2.46. The summed E-state index contributed by atoms with van der Waals surface area (Å²) in [5.41, 5.74) is -0.816. The van der Waals surface area contributed by atoms with Gasteiger partial charge in [-0.05, 0) is 26.3 Å². The Bertz CT molecular complexity index is 254. The average molecular weight is 189 g/mol. The molecule has 2 rings (SSSR count). The number of nitrogens with zero attached hydrogens (tertiary/aromatic N) is 1. The molecule has 13 heavy (non-hydrogen) atoms. The van der Waals surface area contributed by atoms with Gasteiger partial charge in [-0.1, -0.05) is 0 Å². The summed E-state index contributed by atoms with van der Waals surface area (Å²) in [6, 6.07) is 0. The lowest BCUT2D eigenvalue weighted by Crippen LogP contribution is -2.44. The Kier molecular flexibility index (Phi) is 1.74. The smallest absolute Gasteiger partial charge is 0.262 e. The monoisotopic (exact) mass is 189 g/mol. The zero-order valence-corrected chi connectivity index (χ0v) is 7.65. The van der Waals surface area contributed by atoms with Gasteiger partial charge in [0.15, 0.2) is 0 Å². The van der Waals surface area contributed by atoms with Gasteiger partial charge in [-0.3, -0.25) is 9.69 Å². The summed E-state index contributed by atoms with van der Waals surface area (Å²) in [6.07, 6.45) is 1.21. The maximum absolute atomic E-state index is 13.1. The topological polar surface area (TPSA) is 20.3 Å². The van der Waals surface area contributed by atoms with Crippen molar-refractivity contribution in [3.8, 4) is 0 Å². The minimum absolute atomic E-state index is 0.0952. The van der Waals surface area contributed by atoms with Crippen LogP contribution in [0.2, 0.25) is 0 Å². The molecule has 74 valence electrons. The Morgan fingerprint density at radius 3 is 2.69 bits per heavy atom. The zero-order valence-electron chi connectivity index (χ0n) is 7.65. The summed E-state index contributed by atoms with van der Waals surface area (Å²) in [5, 5.41) is 0. The molecule has 0 N–H and O–H groups in total. The predicted molar refractivity (Wildman–Crippen MR) is 43.8 cm³/mol. The van der Waals surface area contributed by atoms with Crippen molar-refractivity contribution in [1.82, 2.24) is 4.90 Å². The number of Topliss-reactive ketones (excluding diaryl/α,β-unsaturated/α-hetero) is 1. The van der Waals surface area contributed by atoms with Crippen LogP contribution in [0, 0.1) is 0 Å². The number of halogens is 2. The standard InChI is InChI=1S/C9H13F2NO/c1-7(13)8-3-2-4-12(8)6-9(10,11)5-8/h2-6H2,1H3. The van der Waals surface area contributed by atoms with Gasteiger partial charge in [-0.25, -0.2) is 8.78 Å². The molecule has 0 bridgehead atoms. The Morgan fingerprint density at radius 2 is 2.15 bits per heavy atom. The number of alkyl halides is 2. The Labute approximate surface area is 75.9 Å². The fraction of sp³-hybridized carbons (Fsp3) is 0.889. The van der Waals surface area contributed by atoms with Crippen LogP contribution in [-0.4, -0.2) is 35.2 Å². The molecule has 4 heteroatoms. The Balaban J connectivity index is 2.30. The second-order valence-electron chi connectivity index (χ2n) is 4.15. The molecule has 2 saturated heterocycles. The van der Waals surface area contributed by atoms with Gasteiger partial charge in [0.25, 0.3) is 5.92 Å². The molecule has 2 aliphatic heterocycles. The number of carbonyl (C=O) groups is 1. The number of fused-ring (bicyclic) bond motifs is 1. The summed E-state index contributed by atoms with van der Waals surface area (Å²) in [7, 11) is 0. The number of ketones is 1. The first-order valence-electron chi connectivity index (χ1n) is 4.60. The van der Waals surface area contributed by atoms with Gasteiger partial charge >= 0.3 is 0 Å². The molecule has 2 nitrogen and oxygen atoms in total. The first kappa shape index (κ1) is 9.06. The Hall–Kier alpha value is -0.510. The quantitative estimate of drug-likeness (QED) is 0.622. The van der Waals surface area contributed by atoms with E-state index in [1.165, 1.54) is 6.92 Å². The molecular formula is C9H13F2NO. The molecule has 0 aromatic heterocycles. The molecule has 1 atom stereocenters. The summed E-state index contributed by atoms with van der Waals surface area (Å²) in [6.45, 7) is 1.85. The van der Waals surface area contributed by atoms with E-state index in [0.29, 0.717) is 13.0 Å². The highest BCUT2D eigenvalue weighted by atomic mass is 19.3. The van der Waals surface area contributed by atoms with Gasteiger partial charge in [0.1, 0.15) is 5.78 Å². The third-order valence-corrected chi connectivity index (χ3v) is 3.25. The van der Waals surface area contributed by atoms with Gasteiger partial charge < -0.3 is 0 Å². The summed E-state index contributed by atoms with van der Waals surface area (Å²) < 4.78 is 26.2. The SMILES string of the molecule is CC(=O)C12CCCN1CC(F)(F)C2. The van der Waals surface area contributed by atoms with Crippen LogP contribution in [-0.2, 0) is 4.79 Å². The molecule has 0 aromatic rings. The lowest BCUT2D eigenvalue weighted by Gasteiger charge is -2.27. The van der Waals surface area contributed by atoms with Crippen LogP contribution in [0.15, 0.2) is 0 Å². The first-order chi connectivity index (χ1) is 5.96. The maximum atomic E-state index is 13.1. The van der Waals surface area contributed by atoms with Crippen LogP contribution in [0.5, 0.6) is 0 Å². The number of carbonyl (C=O) groups excluding carboxylic acids is 1. The van der Waals surface area contributed by atoms with E-state index in [1.807, 2.05) is 0 Å². The van der Waals surface area contributed by atoms with Crippen LogP contribution >= 0.6 is 0 Å². The third-order valence-electron chi connectivity index (χ3n) is 3.25. The van der Waals surface area contributed by atoms with E-state index < -0.39 is 11.5 Å². The van der Waals surface area contributed by atoms with Crippen molar-refractivity contribution < 1.29 is 13.6 Å². The Morgan fingerprint density at radius 1 is 1.46 bits per heavy atom. The minimum Gasteiger partial charge on any atom is -0.298 e. The third kappa shape index (κ3) is 1.19. The molecule has 2 aliphatic rings. The lowest BCUT2D eigenvalue weighted by atomic mass is 9.89. The number of rotatable bonds is 1. The van der Waals surface area contributed by atoms with E-state index in [-0.39, 0.29) is 18.7 Å². The van der Waals surface area contributed by atoms with Gasteiger partial charge in [-0.2, -0.15) is 0 Å².